The predicted molar refractivity (Wildman–Crippen MR) is 76.5 cm³/mol. The van der Waals surface area contributed by atoms with Gasteiger partial charge in [-0.25, -0.2) is 4.98 Å². The highest BCUT2D eigenvalue weighted by Gasteiger charge is 2.11. The van der Waals surface area contributed by atoms with E-state index >= 15 is 0 Å². The van der Waals surface area contributed by atoms with Gasteiger partial charge in [-0.05, 0) is 16.8 Å². The highest BCUT2D eigenvalue weighted by atomic mass is 35.5. The molecule has 0 fully saturated rings. The maximum Gasteiger partial charge on any atom is 0.147 e. The topological polar surface area (TPSA) is 35.0 Å². The van der Waals surface area contributed by atoms with E-state index in [1.54, 1.807) is 13.3 Å². The molecule has 3 rings (SSSR count). The summed E-state index contributed by atoms with van der Waals surface area (Å²) in [6, 6.07) is 12.1. The second kappa shape index (κ2) is 4.86. The number of rotatable bonds is 2. The van der Waals surface area contributed by atoms with Crippen molar-refractivity contribution in [3.63, 3.8) is 0 Å². The molecule has 4 heteroatoms. The maximum atomic E-state index is 5.79. The molecule has 0 atom stereocenters. The van der Waals surface area contributed by atoms with Gasteiger partial charge in [0.25, 0.3) is 0 Å². The lowest BCUT2D eigenvalue weighted by Gasteiger charge is -2.11. The van der Waals surface area contributed by atoms with E-state index in [4.69, 9.17) is 16.3 Å². The van der Waals surface area contributed by atoms with E-state index in [0.29, 0.717) is 5.15 Å². The first kappa shape index (κ1) is 11.9. The first-order valence-electron chi connectivity index (χ1n) is 5.83. The zero-order valence-corrected chi connectivity index (χ0v) is 11.1. The van der Waals surface area contributed by atoms with Crippen LogP contribution in [-0.4, -0.2) is 17.1 Å². The number of hydrogen-bond donors (Lipinski definition) is 0. The van der Waals surface area contributed by atoms with Crippen LogP contribution in [0.25, 0.3) is 22.0 Å². The number of nitrogens with zero attached hydrogens (tertiary/aromatic N) is 2. The summed E-state index contributed by atoms with van der Waals surface area (Å²) in [5.41, 5.74) is 1.68. The fourth-order valence-electron chi connectivity index (χ4n) is 2.13. The van der Waals surface area contributed by atoms with Crippen molar-refractivity contribution < 1.29 is 4.74 Å². The van der Waals surface area contributed by atoms with Gasteiger partial charge in [0.2, 0.25) is 0 Å². The molecular formula is C15H11ClN2O. The number of ether oxygens (including phenoxy) is 1. The van der Waals surface area contributed by atoms with E-state index in [1.807, 2.05) is 30.3 Å². The molecule has 0 aliphatic rings. The Morgan fingerprint density at radius 3 is 2.58 bits per heavy atom. The van der Waals surface area contributed by atoms with E-state index in [2.05, 4.69) is 16.0 Å². The third-order valence-electron chi connectivity index (χ3n) is 2.99. The zero-order chi connectivity index (χ0) is 13.2. The third-order valence-corrected chi connectivity index (χ3v) is 3.18. The minimum atomic E-state index is 0.378. The lowest BCUT2D eigenvalue weighted by atomic mass is 10.0. The maximum absolute atomic E-state index is 5.79. The summed E-state index contributed by atoms with van der Waals surface area (Å²) >= 11 is 5.79. The van der Waals surface area contributed by atoms with E-state index in [0.717, 1.165) is 27.8 Å². The standard InChI is InChI=1S/C15H11ClN2O/c1-19-13-7-6-10-4-2-3-5-11(10)15(13)12-8-18-14(16)9-17-12/h2-9H,1H3. The highest BCUT2D eigenvalue weighted by Crippen LogP contribution is 2.35. The second-order valence-electron chi connectivity index (χ2n) is 4.09. The van der Waals surface area contributed by atoms with E-state index in [1.165, 1.54) is 6.20 Å². The van der Waals surface area contributed by atoms with Crippen LogP contribution in [0.2, 0.25) is 5.15 Å². The van der Waals surface area contributed by atoms with E-state index < -0.39 is 0 Å². The summed E-state index contributed by atoms with van der Waals surface area (Å²) in [5.74, 6) is 0.773. The quantitative estimate of drug-likeness (QED) is 0.707. The van der Waals surface area contributed by atoms with Crippen molar-refractivity contribution in [3.05, 3.63) is 53.9 Å². The molecule has 1 heterocycles. The van der Waals surface area contributed by atoms with Crippen molar-refractivity contribution in [2.75, 3.05) is 7.11 Å². The van der Waals surface area contributed by atoms with Gasteiger partial charge in [0.15, 0.2) is 0 Å². The lowest BCUT2D eigenvalue weighted by molar-refractivity contribution is 0.417. The van der Waals surface area contributed by atoms with Crippen molar-refractivity contribution in [3.8, 4) is 17.0 Å². The molecule has 3 nitrogen and oxygen atoms in total. The Hall–Kier alpha value is -2.13. The van der Waals surface area contributed by atoms with Crippen LogP contribution < -0.4 is 4.74 Å². The van der Waals surface area contributed by atoms with Gasteiger partial charge in [-0.15, -0.1) is 0 Å². The molecule has 0 aliphatic heterocycles. The molecule has 0 amide bonds. The van der Waals surface area contributed by atoms with Crippen molar-refractivity contribution in [1.82, 2.24) is 9.97 Å². The molecule has 0 unspecified atom stereocenters. The molecule has 1 aromatic heterocycles. The van der Waals surface area contributed by atoms with Crippen LogP contribution in [0.1, 0.15) is 0 Å². The molecule has 0 N–H and O–H groups in total. The molecule has 0 bridgehead atoms. The molecule has 94 valence electrons. The minimum Gasteiger partial charge on any atom is -0.496 e. The second-order valence-corrected chi connectivity index (χ2v) is 4.48. The minimum absolute atomic E-state index is 0.378. The summed E-state index contributed by atoms with van der Waals surface area (Å²) in [5, 5.41) is 2.59. The molecule has 0 spiro atoms. The van der Waals surface area contributed by atoms with Gasteiger partial charge < -0.3 is 4.74 Å². The Balaban J connectivity index is 2.33. The van der Waals surface area contributed by atoms with Crippen molar-refractivity contribution >= 4 is 22.4 Å². The van der Waals surface area contributed by atoms with E-state index in [-0.39, 0.29) is 0 Å². The van der Waals surface area contributed by atoms with Crippen LogP contribution in [0.3, 0.4) is 0 Å². The van der Waals surface area contributed by atoms with Crippen LogP contribution in [-0.2, 0) is 0 Å². The number of hydrogen-bond acceptors (Lipinski definition) is 3. The van der Waals surface area contributed by atoms with Gasteiger partial charge in [-0.2, -0.15) is 0 Å². The smallest absolute Gasteiger partial charge is 0.147 e. The Kier molecular flexibility index (Phi) is 3.05. The molecule has 0 radical (unpaired) electrons. The van der Waals surface area contributed by atoms with Crippen molar-refractivity contribution in [2.24, 2.45) is 0 Å². The first-order valence-corrected chi connectivity index (χ1v) is 6.21. The molecular weight excluding hydrogens is 260 g/mol. The molecule has 19 heavy (non-hydrogen) atoms. The zero-order valence-electron chi connectivity index (χ0n) is 10.3. The van der Waals surface area contributed by atoms with Crippen molar-refractivity contribution in [2.45, 2.75) is 0 Å². The van der Waals surface area contributed by atoms with Gasteiger partial charge in [-0.1, -0.05) is 41.9 Å². The fourth-order valence-corrected chi connectivity index (χ4v) is 2.22. The Morgan fingerprint density at radius 1 is 1.00 bits per heavy atom. The largest absolute Gasteiger partial charge is 0.496 e. The van der Waals surface area contributed by atoms with Gasteiger partial charge >= 0.3 is 0 Å². The Morgan fingerprint density at radius 2 is 1.84 bits per heavy atom. The predicted octanol–water partition coefficient (Wildman–Crippen LogP) is 3.96. The first-order chi connectivity index (χ1) is 9.29. The van der Waals surface area contributed by atoms with Crippen molar-refractivity contribution in [1.29, 1.82) is 0 Å². The summed E-state index contributed by atoms with van der Waals surface area (Å²) in [4.78, 5) is 8.42. The lowest BCUT2D eigenvalue weighted by Crippen LogP contribution is -1.92. The Bertz CT molecular complexity index is 726. The third kappa shape index (κ3) is 2.13. The monoisotopic (exact) mass is 270 g/mol. The Labute approximate surface area is 115 Å². The molecule has 2 aromatic carbocycles. The normalized spacial score (nSPS) is 10.6. The summed E-state index contributed by atoms with van der Waals surface area (Å²) in [7, 11) is 1.65. The molecule has 0 saturated carbocycles. The van der Waals surface area contributed by atoms with Gasteiger partial charge in [0.05, 0.1) is 30.8 Å². The van der Waals surface area contributed by atoms with E-state index in [9.17, 15) is 0 Å². The number of aromatic nitrogens is 2. The average molecular weight is 271 g/mol. The van der Waals surface area contributed by atoms with Gasteiger partial charge in [0, 0.05) is 0 Å². The van der Waals surface area contributed by atoms with Crippen LogP contribution in [0.4, 0.5) is 0 Å². The fraction of sp³-hybridized carbons (Fsp3) is 0.0667. The number of benzene rings is 2. The molecule has 0 saturated heterocycles. The highest BCUT2D eigenvalue weighted by molar-refractivity contribution is 6.29. The molecule has 3 aromatic rings. The van der Waals surface area contributed by atoms with Crippen LogP contribution in [0.15, 0.2) is 48.8 Å². The SMILES string of the molecule is COc1ccc2ccccc2c1-c1cnc(Cl)cn1. The summed E-state index contributed by atoms with van der Waals surface area (Å²) < 4.78 is 5.44. The van der Waals surface area contributed by atoms with Crippen LogP contribution >= 0.6 is 11.6 Å². The van der Waals surface area contributed by atoms with Crippen LogP contribution in [0.5, 0.6) is 5.75 Å². The average Bonchev–Trinajstić information content (AvgIpc) is 2.47. The summed E-state index contributed by atoms with van der Waals surface area (Å²) in [6.45, 7) is 0. The number of halogens is 1. The molecule has 0 aliphatic carbocycles. The number of methoxy groups -OCH3 is 1. The van der Waals surface area contributed by atoms with Gasteiger partial charge in [-0.3, -0.25) is 4.98 Å². The number of fused-ring (bicyclic) bond motifs is 1. The van der Waals surface area contributed by atoms with Crippen LogP contribution in [0, 0.1) is 0 Å². The van der Waals surface area contributed by atoms with Gasteiger partial charge in [0.1, 0.15) is 10.9 Å². The summed E-state index contributed by atoms with van der Waals surface area (Å²) in [6.07, 6.45) is 3.20.